The number of nitrogens with zero attached hydrogens (tertiary/aromatic N) is 1. The SMILES string of the molecule is O=C(CN1C(=O)CCC1=O)Nc1cccc(F)c1F. The topological polar surface area (TPSA) is 66.5 Å². The number of benzene rings is 1. The molecular formula is C12H10F2N2O3. The molecule has 1 aromatic carbocycles. The second kappa shape index (κ2) is 5.13. The van der Waals surface area contributed by atoms with Gasteiger partial charge in [-0.25, -0.2) is 8.78 Å². The molecule has 0 aliphatic carbocycles. The Labute approximate surface area is 107 Å². The molecule has 100 valence electrons. The maximum atomic E-state index is 13.3. The summed E-state index contributed by atoms with van der Waals surface area (Å²) < 4.78 is 26.2. The van der Waals surface area contributed by atoms with Gasteiger partial charge >= 0.3 is 0 Å². The Kier molecular flexibility index (Phi) is 3.55. The highest BCUT2D eigenvalue weighted by Gasteiger charge is 2.30. The first-order chi connectivity index (χ1) is 8.99. The van der Waals surface area contributed by atoms with Crippen molar-refractivity contribution in [3.05, 3.63) is 29.8 Å². The van der Waals surface area contributed by atoms with E-state index in [1.807, 2.05) is 0 Å². The second-order valence-electron chi connectivity index (χ2n) is 4.02. The van der Waals surface area contributed by atoms with Gasteiger partial charge in [-0.15, -0.1) is 0 Å². The highest BCUT2D eigenvalue weighted by Crippen LogP contribution is 2.17. The van der Waals surface area contributed by atoms with Crippen LogP contribution in [-0.2, 0) is 14.4 Å². The third-order valence-electron chi connectivity index (χ3n) is 2.68. The number of carbonyl (C=O) groups is 3. The average Bonchev–Trinajstić information content (AvgIpc) is 2.67. The molecule has 1 aromatic rings. The van der Waals surface area contributed by atoms with E-state index >= 15 is 0 Å². The van der Waals surface area contributed by atoms with Crippen LogP contribution in [0.5, 0.6) is 0 Å². The quantitative estimate of drug-likeness (QED) is 0.833. The van der Waals surface area contributed by atoms with Crippen molar-refractivity contribution in [3.8, 4) is 0 Å². The lowest BCUT2D eigenvalue weighted by Crippen LogP contribution is -2.37. The summed E-state index contributed by atoms with van der Waals surface area (Å²) in [4.78, 5) is 34.9. The summed E-state index contributed by atoms with van der Waals surface area (Å²) in [6.45, 7) is -0.492. The van der Waals surface area contributed by atoms with Crippen LogP contribution in [-0.4, -0.2) is 29.2 Å². The van der Waals surface area contributed by atoms with Crippen LogP contribution in [0.25, 0.3) is 0 Å². The standard InChI is InChI=1S/C12H10F2N2O3/c13-7-2-1-3-8(12(7)14)15-9(17)6-16-10(18)4-5-11(16)19/h1-3H,4-6H2,(H,15,17). The van der Waals surface area contributed by atoms with E-state index in [1.165, 1.54) is 12.1 Å². The maximum Gasteiger partial charge on any atom is 0.244 e. The van der Waals surface area contributed by atoms with E-state index < -0.39 is 35.9 Å². The van der Waals surface area contributed by atoms with Crippen molar-refractivity contribution >= 4 is 23.4 Å². The first-order valence-electron chi connectivity index (χ1n) is 5.56. The van der Waals surface area contributed by atoms with Crippen LogP contribution in [0, 0.1) is 11.6 Å². The minimum absolute atomic E-state index is 0.0699. The smallest absolute Gasteiger partial charge is 0.244 e. The second-order valence-corrected chi connectivity index (χ2v) is 4.02. The van der Waals surface area contributed by atoms with Crippen molar-refractivity contribution in [2.45, 2.75) is 12.8 Å². The van der Waals surface area contributed by atoms with Crippen molar-refractivity contribution in [2.75, 3.05) is 11.9 Å². The lowest BCUT2D eigenvalue weighted by Gasteiger charge is -2.13. The van der Waals surface area contributed by atoms with Crippen molar-refractivity contribution in [1.29, 1.82) is 0 Å². The van der Waals surface area contributed by atoms with Gasteiger partial charge in [-0.2, -0.15) is 0 Å². The zero-order valence-corrected chi connectivity index (χ0v) is 9.78. The minimum atomic E-state index is -1.19. The van der Waals surface area contributed by atoms with Gasteiger partial charge in [-0.3, -0.25) is 19.3 Å². The molecule has 1 aliphatic heterocycles. The van der Waals surface area contributed by atoms with E-state index in [9.17, 15) is 23.2 Å². The van der Waals surface area contributed by atoms with E-state index in [-0.39, 0.29) is 18.5 Å². The normalized spacial score (nSPS) is 14.9. The summed E-state index contributed by atoms with van der Waals surface area (Å²) in [5.74, 6) is -3.92. The summed E-state index contributed by atoms with van der Waals surface area (Å²) in [5, 5.41) is 2.12. The Morgan fingerprint density at radius 2 is 1.84 bits per heavy atom. The van der Waals surface area contributed by atoms with Crippen molar-refractivity contribution in [3.63, 3.8) is 0 Å². The number of carbonyl (C=O) groups excluding carboxylic acids is 3. The molecular weight excluding hydrogens is 258 g/mol. The fraction of sp³-hybridized carbons (Fsp3) is 0.250. The third-order valence-corrected chi connectivity index (χ3v) is 2.68. The number of amides is 3. The highest BCUT2D eigenvalue weighted by molar-refractivity contribution is 6.06. The summed E-state index contributed by atoms with van der Waals surface area (Å²) in [7, 11) is 0. The lowest BCUT2D eigenvalue weighted by molar-refractivity contribution is -0.141. The highest BCUT2D eigenvalue weighted by atomic mass is 19.2. The molecule has 0 atom stereocenters. The summed E-state index contributed by atoms with van der Waals surface area (Å²) in [6, 6.07) is 3.34. The molecule has 1 N–H and O–H groups in total. The molecule has 0 spiro atoms. The summed E-state index contributed by atoms with van der Waals surface area (Å²) in [5.41, 5.74) is -0.330. The zero-order valence-electron chi connectivity index (χ0n) is 9.78. The molecule has 7 heteroatoms. The van der Waals surface area contributed by atoms with Gasteiger partial charge in [0.05, 0.1) is 5.69 Å². The number of halogens is 2. The van der Waals surface area contributed by atoms with Crippen LogP contribution in [0.2, 0.25) is 0 Å². The van der Waals surface area contributed by atoms with Gasteiger partial charge in [-0.1, -0.05) is 6.07 Å². The van der Waals surface area contributed by atoms with E-state index in [4.69, 9.17) is 0 Å². The number of hydrogen-bond acceptors (Lipinski definition) is 3. The first kappa shape index (κ1) is 13.1. The van der Waals surface area contributed by atoms with Gasteiger partial charge < -0.3 is 5.32 Å². The molecule has 0 unspecified atom stereocenters. The van der Waals surface area contributed by atoms with Gasteiger partial charge in [0.15, 0.2) is 11.6 Å². The van der Waals surface area contributed by atoms with Crippen LogP contribution in [0.1, 0.15) is 12.8 Å². The van der Waals surface area contributed by atoms with Gasteiger partial charge in [0.25, 0.3) is 0 Å². The zero-order chi connectivity index (χ0) is 14.0. The Morgan fingerprint density at radius 3 is 2.47 bits per heavy atom. The molecule has 1 fully saturated rings. The van der Waals surface area contributed by atoms with Crippen molar-refractivity contribution in [1.82, 2.24) is 4.90 Å². The Bertz CT molecular complexity index is 544. The molecule has 2 rings (SSSR count). The average molecular weight is 268 g/mol. The van der Waals surface area contributed by atoms with Gasteiger partial charge in [-0.05, 0) is 12.1 Å². The Morgan fingerprint density at radius 1 is 1.21 bits per heavy atom. The number of hydrogen-bond donors (Lipinski definition) is 1. The molecule has 0 bridgehead atoms. The molecule has 3 amide bonds. The minimum Gasteiger partial charge on any atom is -0.322 e. The van der Waals surface area contributed by atoms with Crippen molar-refractivity contribution < 1.29 is 23.2 Å². The molecule has 1 heterocycles. The van der Waals surface area contributed by atoms with Crippen LogP contribution >= 0.6 is 0 Å². The predicted octanol–water partition coefficient (Wildman–Crippen LogP) is 1.05. The fourth-order valence-corrected chi connectivity index (χ4v) is 1.73. The predicted molar refractivity (Wildman–Crippen MR) is 60.9 cm³/mol. The van der Waals surface area contributed by atoms with Gasteiger partial charge in [0.2, 0.25) is 17.7 Å². The fourth-order valence-electron chi connectivity index (χ4n) is 1.73. The number of anilines is 1. The molecule has 5 nitrogen and oxygen atoms in total. The lowest BCUT2D eigenvalue weighted by atomic mass is 10.3. The van der Waals surface area contributed by atoms with Crippen LogP contribution in [0.3, 0.4) is 0 Å². The van der Waals surface area contributed by atoms with Crippen LogP contribution < -0.4 is 5.32 Å². The molecule has 0 aromatic heterocycles. The molecule has 0 saturated carbocycles. The van der Waals surface area contributed by atoms with E-state index in [0.29, 0.717) is 0 Å². The molecule has 1 saturated heterocycles. The summed E-state index contributed by atoms with van der Waals surface area (Å²) >= 11 is 0. The van der Waals surface area contributed by atoms with E-state index in [2.05, 4.69) is 5.32 Å². The van der Waals surface area contributed by atoms with Crippen LogP contribution in [0.15, 0.2) is 18.2 Å². The third kappa shape index (κ3) is 2.75. The Hall–Kier alpha value is -2.31. The van der Waals surface area contributed by atoms with Crippen LogP contribution in [0.4, 0.5) is 14.5 Å². The maximum absolute atomic E-state index is 13.3. The molecule has 19 heavy (non-hydrogen) atoms. The number of rotatable bonds is 3. The molecule has 1 aliphatic rings. The Balaban J connectivity index is 2.04. The number of likely N-dealkylation sites (tertiary alicyclic amines) is 1. The monoisotopic (exact) mass is 268 g/mol. The van der Waals surface area contributed by atoms with E-state index in [0.717, 1.165) is 11.0 Å². The van der Waals surface area contributed by atoms with Gasteiger partial charge in [0.1, 0.15) is 6.54 Å². The number of nitrogens with one attached hydrogen (secondary N) is 1. The number of imide groups is 1. The van der Waals surface area contributed by atoms with Crippen molar-refractivity contribution in [2.24, 2.45) is 0 Å². The molecule has 0 radical (unpaired) electrons. The first-order valence-corrected chi connectivity index (χ1v) is 5.56. The summed E-state index contributed by atoms with van der Waals surface area (Å²) in [6.07, 6.45) is 0.140. The van der Waals surface area contributed by atoms with E-state index in [1.54, 1.807) is 0 Å². The van der Waals surface area contributed by atoms with Gasteiger partial charge in [0, 0.05) is 12.8 Å². The largest absolute Gasteiger partial charge is 0.322 e.